The first-order chi connectivity index (χ1) is 8.21. The van der Waals surface area contributed by atoms with Crippen molar-refractivity contribution in [2.75, 3.05) is 0 Å². The molecule has 1 aliphatic heterocycles. The van der Waals surface area contributed by atoms with Crippen molar-refractivity contribution < 1.29 is 0 Å². The van der Waals surface area contributed by atoms with Gasteiger partial charge in [0, 0.05) is 6.54 Å². The lowest BCUT2D eigenvalue weighted by Crippen LogP contribution is -2.25. The van der Waals surface area contributed by atoms with Gasteiger partial charge in [-0.2, -0.15) is 0 Å². The second-order valence-corrected chi connectivity index (χ2v) is 7.28. The number of rotatable bonds is 0. The van der Waals surface area contributed by atoms with Crippen molar-refractivity contribution in [3.8, 4) is 0 Å². The molecule has 0 aliphatic carbocycles. The molecule has 0 bridgehead atoms. The highest BCUT2D eigenvalue weighted by Crippen LogP contribution is 2.38. The molecule has 2 rings (SSSR count). The molecule has 98 valence electrons. The van der Waals surface area contributed by atoms with Crippen LogP contribution in [0.25, 0.3) is 6.08 Å². The van der Waals surface area contributed by atoms with Gasteiger partial charge in [-0.25, -0.2) is 0 Å². The van der Waals surface area contributed by atoms with Gasteiger partial charge in [-0.3, -0.25) is 0 Å². The van der Waals surface area contributed by atoms with E-state index in [0.29, 0.717) is 0 Å². The Hall–Kier alpha value is -1.24. The van der Waals surface area contributed by atoms with Gasteiger partial charge >= 0.3 is 0 Å². The van der Waals surface area contributed by atoms with Crippen molar-refractivity contribution in [3.05, 3.63) is 40.6 Å². The van der Waals surface area contributed by atoms with Crippen LogP contribution in [0.4, 0.5) is 0 Å². The smallest absolute Gasteiger partial charge is 0.0401 e. The number of hydrogen-bond acceptors (Lipinski definition) is 1. The Morgan fingerprint density at radius 2 is 1.61 bits per heavy atom. The first-order valence-corrected chi connectivity index (χ1v) is 6.78. The monoisotopic (exact) mass is 243 g/mol. The Labute approximate surface area is 111 Å². The van der Waals surface area contributed by atoms with E-state index in [9.17, 15) is 0 Å². The van der Waals surface area contributed by atoms with Crippen LogP contribution < -0.4 is 5.32 Å². The zero-order chi connectivity index (χ0) is 13.6. The molecule has 0 unspecified atom stereocenters. The van der Waals surface area contributed by atoms with Crippen LogP contribution >= 0.6 is 0 Å². The molecule has 0 amide bonds. The summed E-state index contributed by atoms with van der Waals surface area (Å²) in [7, 11) is 0. The predicted octanol–water partition coefficient (Wildman–Crippen LogP) is 4.36. The topological polar surface area (TPSA) is 12.0 Å². The normalized spacial score (nSPS) is 15.2. The molecule has 0 radical (unpaired) electrons. The van der Waals surface area contributed by atoms with Gasteiger partial charge in [-0.1, -0.05) is 53.7 Å². The van der Waals surface area contributed by atoms with E-state index in [1.165, 1.54) is 22.3 Å². The quantitative estimate of drug-likeness (QED) is 0.714. The summed E-state index contributed by atoms with van der Waals surface area (Å²) in [5.41, 5.74) is 6.18. The summed E-state index contributed by atoms with van der Waals surface area (Å²) in [5, 5.41) is 3.30. The minimum atomic E-state index is 0.176. The van der Waals surface area contributed by atoms with Crippen LogP contribution in [0, 0.1) is 0 Å². The van der Waals surface area contributed by atoms with E-state index in [2.05, 4.69) is 71.3 Å². The third-order valence-electron chi connectivity index (χ3n) is 3.55. The highest BCUT2D eigenvalue weighted by molar-refractivity contribution is 5.64. The van der Waals surface area contributed by atoms with Gasteiger partial charge in [0.2, 0.25) is 0 Å². The van der Waals surface area contributed by atoms with Crippen molar-refractivity contribution in [3.63, 3.8) is 0 Å². The number of fused-ring (bicyclic) bond motifs is 1. The molecule has 1 N–H and O–H groups in total. The summed E-state index contributed by atoms with van der Waals surface area (Å²) in [4.78, 5) is 0. The van der Waals surface area contributed by atoms with Gasteiger partial charge in [-0.05, 0) is 45.4 Å². The molecule has 0 atom stereocenters. The van der Waals surface area contributed by atoms with Crippen LogP contribution in [-0.4, -0.2) is 0 Å². The van der Waals surface area contributed by atoms with Gasteiger partial charge in [-0.15, -0.1) is 0 Å². The molecule has 18 heavy (non-hydrogen) atoms. The largest absolute Gasteiger partial charge is 0.387 e. The molecular weight excluding hydrogens is 218 g/mol. The average Bonchev–Trinajstić information content (AvgIpc) is 2.24. The molecule has 0 aromatic heterocycles. The van der Waals surface area contributed by atoms with Crippen LogP contribution in [0.15, 0.2) is 18.3 Å². The molecule has 0 saturated carbocycles. The summed E-state index contributed by atoms with van der Waals surface area (Å²) >= 11 is 0. The fourth-order valence-corrected chi connectivity index (χ4v) is 2.75. The third kappa shape index (κ3) is 2.31. The van der Waals surface area contributed by atoms with Crippen molar-refractivity contribution in [2.24, 2.45) is 0 Å². The Kier molecular flexibility index (Phi) is 3.04. The molecular formula is C17H25N. The zero-order valence-corrected chi connectivity index (χ0v) is 12.5. The van der Waals surface area contributed by atoms with Crippen molar-refractivity contribution in [2.45, 2.75) is 58.9 Å². The first kappa shape index (κ1) is 13.2. The lowest BCUT2D eigenvalue weighted by Gasteiger charge is -2.33. The molecule has 1 aromatic carbocycles. The van der Waals surface area contributed by atoms with Crippen LogP contribution in [-0.2, 0) is 17.4 Å². The highest BCUT2D eigenvalue weighted by Gasteiger charge is 2.28. The SMILES string of the molecule is CC(C)(C)c1ccc2c(c1C(C)(C)C)C=CNC2. The molecule has 1 heterocycles. The summed E-state index contributed by atoms with van der Waals surface area (Å²) in [6.07, 6.45) is 4.30. The molecule has 0 spiro atoms. The van der Waals surface area contributed by atoms with E-state index in [4.69, 9.17) is 0 Å². The van der Waals surface area contributed by atoms with E-state index in [-0.39, 0.29) is 10.8 Å². The van der Waals surface area contributed by atoms with Gasteiger partial charge < -0.3 is 5.32 Å². The maximum Gasteiger partial charge on any atom is 0.0401 e. The number of benzene rings is 1. The molecule has 1 aliphatic rings. The van der Waals surface area contributed by atoms with Crippen molar-refractivity contribution in [1.29, 1.82) is 0 Å². The fraction of sp³-hybridized carbons (Fsp3) is 0.529. The number of hydrogen-bond donors (Lipinski definition) is 1. The molecule has 1 heteroatoms. The third-order valence-corrected chi connectivity index (χ3v) is 3.55. The molecule has 1 nitrogen and oxygen atoms in total. The summed E-state index contributed by atoms with van der Waals surface area (Å²) in [5.74, 6) is 0. The molecule has 1 aromatic rings. The maximum absolute atomic E-state index is 3.30. The van der Waals surface area contributed by atoms with Crippen LogP contribution in [0.5, 0.6) is 0 Å². The fourth-order valence-electron chi connectivity index (χ4n) is 2.75. The van der Waals surface area contributed by atoms with E-state index in [0.717, 1.165) is 6.54 Å². The first-order valence-electron chi connectivity index (χ1n) is 6.78. The second-order valence-electron chi connectivity index (χ2n) is 7.28. The molecule has 0 fully saturated rings. The maximum atomic E-state index is 3.30. The Morgan fingerprint density at radius 1 is 0.944 bits per heavy atom. The second kappa shape index (κ2) is 4.15. The van der Waals surface area contributed by atoms with Gasteiger partial charge in [0.1, 0.15) is 0 Å². The zero-order valence-electron chi connectivity index (χ0n) is 12.5. The lowest BCUT2D eigenvalue weighted by molar-refractivity contribution is 0.527. The minimum absolute atomic E-state index is 0.176. The standard InChI is InChI=1S/C17H25N/c1-16(2,3)14-8-7-12-11-18-10-9-13(12)15(14)17(4,5)6/h7-10,18H,11H2,1-6H3. The Morgan fingerprint density at radius 3 is 2.17 bits per heavy atom. The Balaban J connectivity index is 2.75. The van der Waals surface area contributed by atoms with E-state index < -0.39 is 0 Å². The highest BCUT2D eigenvalue weighted by atomic mass is 14.8. The summed E-state index contributed by atoms with van der Waals surface area (Å²) in [6.45, 7) is 14.8. The van der Waals surface area contributed by atoms with Crippen LogP contribution in [0.2, 0.25) is 0 Å². The summed E-state index contributed by atoms with van der Waals surface area (Å²) < 4.78 is 0. The molecule has 0 saturated heterocycles. The minimum Gasteiger partial charge on any atom is -0.387 e. The predicted molar refractivity (Wildman–Crippen MR) is 79.7 cm³/mol. The van der Waals surface area contributed by atoms with Gasteiger partial charge in [0.15, 0.2) is 0 Å². The van der Waals surface area contributed by atoms with Gasteiger partial charge in [0.25, 0.3) is 0 Å². The van der Waals surface area contributed by atoms with Crippen molar-refractivity contribution >= 4 is 6.08 Å². The lowest BCUT2D eigenvalue weighted by atomic mass is 9.72. The van der Waals surface area contributed by atoms with E-state index in [1.807, 2.05) is 0 Å². The van der Waals surface area contributed by atoms with Gasteiger partial charge in [0.05, 0.1) is 0 Å². The van der Waals surface area contributed by atoms with E-state index in [1.54, 1.807) is 0 Å². The van der Waals surface area contributed by atoms with E-state index >= 15 is 0 Å². The Bertz CT molecular complexity index is 482. The van der Waals surface area contributed by atoms with Crippen molar-refractivity contribution in [1.82, 2.24) is 5.32 Å². The summed E-state index contributed by atoms with van der Waals surface area (Å²) in [6, 6.07) is 4.60. The average molecular weight is 243 g/mol. The van der Waals surface area contributed by atoms with Crippen LogP contribution in [0.1, 0.15) is 63.8 Å². The number of nitrogens with one attached hydrogen (secondary N) is 1. The van der Waals surface area contributed by atoms with Crippen LogP contribution in [0.3, 0.4) is 0 Å².